The number of benzene rings is 2. The fraction of sp³-hybridized carbons (Fsp3) is 0.235. The Bertz CT molecular complexity index is 540. The minimum atomic E-state index is -1.36. The molecular formula is C17H18O4. The summed E-state index contributed by atoms with van der Waals surface area (Å²) in [5.74, 6) is 1.39. The van der Waals surface area contributed by atoms with Gasteiger partial charge in [-0.25, -0.2) is 0 Å². The molecule has 0 saturated carbocycles. The fourth-order valence-corrected chi connectivity index (χ4v) is 2.26. The number of aliphatic hydroxyl groups is 1. The molecule has 1 N–H and O–H groups in total. The predicted octanol–water partition coefficient (Wildman–Crippen LogP) is 2.53. The Balaban J connectivity index is 2.44. The van der Waals surface area contributed by atoms with Crippen LogP contribution in [-0.4, -0.2) is 25.6 Å². The van der Waals surface area contributed by atoms with Gasteiger partial charge in [-0.05, 0) is 35.4 Å². The minimum Gasteiger partial charge on any atom is -0.497 e. The van der Waals surface area contributed by atoms with Crippen molar-refractivity contribution in [2.45, 2.75) is 12.0 Å². The fourth-order valence-electron chi connectivity index (χ4n) is 2.26. The van der Waals surface area contributed by atoms with Crippen LogP contribution in [0.4, 0.5) is 0 Å². The van der Waals surface area contributed by atoms with Crippen molar-refractivity contribution in [1.82, 2.24) is 0 Å². The van der Waals surface area contributed by atoms with Crippen LogP contribution in [0.5, 0.6) is 11.5 Å². The zero-order valence-electron chi connectivity index (χ0n) is 12.1. The second-order valence-electron chi connectivity index (χ2n) is 4.69. The maximum absolute atomic E-state index is 11.0. The molecule has 0 spiro atoms. The van der Waals surface area contributed by atoms with Gasteiger partial charge in [-0.1, -0.05) is 24.3 Å². The Labute approximate surface area is 123 Å². The lowest BCUT2D eigenvalue weighted by molar-refractivity contribution is -0.111. The first-order valence-electron chi connectivity index (χ1n) is 6.59. The van der Waals surface area contributed by atoms with Crippen LogP contribution in [0.3, 0.4) is 0 Å². The van der Waals surface area contributed by atoms with Crippen molar-refractivity contribution in [3.8, 4) is 11.5 Å². The van der Waals surface area contributed by atoms with Crippen LogP contribution in [0.25, 0.3) is 0 Å². The molecule has 4 nitrogen and oxygen atoms in total. The smallest absolute Gasteiger partial charge is 0.123 e. The topological polar surface area (TPSA) is 55.8 Å². The molecule has 4 heteroatoms. The van der Waals surface area contributed by atoms with Crippen molar-refractivity contribution in [2.75, 3.05) is 14.2 Å². The molecule has 0 bridgehead atoms. The van der Waals surface area contributed by atoms with Crippen molar-refractivity contribution >= 4 is 6.29 Å². The lowest BCUT2D eigenvalue weighted by Gasteiger charge is -2.27. The molecule has 0 radical (unpaired) electrons. The molecule has 0 amide bonds. The average molecular weight is 286 g/mol. The second-order valence-corrected chi connectivity index (χ2v) is 4.69. The molecule has 2 aromatic rings. The van der Waals surface area contributed by atoms with Gasteiger partial charge in [0.2, 0.25) is 0 Å². The van der Waals surface area contributed by atoms with E-state index >= 15 is 0 Å². The first kappa shape index (κ1) is 15.1. The Hall–Kier alpha value is -2.33. The van der Waals surface area contributed by atoms with Crippen LogP contribution in [0, 0.1) is 0 Å². The number of hydrogen-bond acceptors (Lipinski definition) is 4. The molecular weight excluding hydrogens is 268 g/mol. The minimum absolute atomic E-state index is 0.0222. The maximum Gasteiger partial charge on any atom is 0.123 e. The summed E-state index contributed by atoms with van der Waals surface area (Å²) >= 11 is 0. The van der Waals surface area contributed by atoms with Gasteiger partial charge in [0.05, 0.1) is 14.2 Å². The number of carbonyl (C=O) groups is 1. The van der Waals surface area contributed by atoms with Crippen LogP contribution in [0.2, 0.25) is 0 Å². The van der Waals surface area contributed by atoms with Crippen LogP contribution in [0.1, 0.15) is 17.5 Å². The van der Waals surface area contributed by atoms with E-state index in [9.17, 15) is 9.90 Å². The van der Waals surface area contributed by atoms with Gasteiger partial charge in [-0.2, -0.15) is 0 Å². The zero-order chi connectivity index (χ0) is 15.3. The van der Waals surface area contributed by atoms with Gasteiger partial charge in [0.15, 0.2) is 0 Å². The summed E-state index contributed by atoms with van der Waals surface area (Å²) in [4.78, 5) is 11.0. The normalized spacial score (nSPS) is 11.0. The highest BCUT2D eigenvalue weighted by Crippen LogP contribution is 2.34. The van der Waals surface area contributed by atoms with Crippen molar-refractivity contribution in [3.05, 3.63) is 59.7 Å². The highest BCUT2D eigenvalue weighted by molar-refractivity contribution is 5.56. The molecule has 0 aliphatic heterocycles. The number of hydrogen-bond donors (Lipinski definition) is 1. The molecule has 0 fully saturated rings. The SMILES string of the molecule is COc1ccc(C(O)(CC=O)c2ccc(OC)cc2)cc1. The van der Waals surface area contributed by atoms with Crippen molar-refractivity contribution < 1.29 is 19.4 Å². The Morgan fingerprint density at radius 1 is 0.905 bits per heavy atom. The predicted molar refractivity (Wildman–Crippen MR) is 79.7 cm³/mol. The monoisotopic (exact) mass is 286 g/mol. The first-order chi connectivity index (χ1) is 10.1. The number of carbonyl (C=O) groups excluding carboxylic acids is 1. The van der Waals surface area contributed by atoms with Crippen LogP contribution >= 0.6 is 0 Å². The van der Waals surface area contributed by atoms with E-state index in [4.69, 9.17) is 9.47 Å². The van der Waals surface area contributed by atoms with E-state index in [0.717, 1.165) is 0 Å². The molecule has 0 aliphatic carbocycles. The van der Waals surface area contributed by atoms with E-state index in [-0.39, 0.29) is 6.42 Å². The number of aldehydes is 1. The van der Waals surface area contributed by atoms with Crippen LogP contribution in [0.15, 0.2) is 48.5 Å². The van der Waals surface area contributed by atoms with E-state index in [1.807, 2.05) is 0 Å². The molecule has 0 aromatic heterocycles. The number of methoxy groups -OCH3 is 2. The summed E-state index contributed by atoms with van der Waals surface area (Å²) in [5.41, 5.74) is -0.0820. The standard InChI is InChI=1S/C17H18O4/c1-20-15-7-3-13(4-8-15)17(19,11-12-18)14-5-9-16(21-2)10-6-14/h3-10,12,19H,11H2,1-2H3. The Morgan fingerprint density at radius 2 is 1.29 bits per heavy atom. The third-order valence-corrected chi connectivity index (χ3v) is 3.51. The molecule has 2 aromatic carbocycles. The summed E-state index contributed by atoms with van der Waals surface area (Å²) in [5, 5.41) is 11.0. The van der Waals surface area contributed by atoms with E-state index in [1.165, 1.54) is 0 Å². The first-order valence-corrected chi connectivity index (χ1v) is 6.59. The summed E-state index contributed by atoms with van der Waals surface area (Å²) in [6.45, 7) is 0. The van der Waals surface area contributed by atoms with E-state index in [2.05, 4.69) is 0 Å². The van der Waals surface area contributed by atoms with Gasteiger partial charge < -0.3 is 19.4 Å². The largest absolute Gasteiger partial charge is 0.497 e. The van der Waals surface area contributed by atoms with Crippen molar-refractivity contribution in [1.29, 1.82) is 0 Å². The summed E-state index contributed by atoms with van der Waals surface area (Å²) in [7, 11) is 3.16. The van der Waals surface area contributed by atoms with Crippen LogP contribution in [-0.2, 0) is 10.4 Å². The second kappa shape index (κ2) is 6.41. The lowest BCUT2D eigenvalue weighted by atomic mass is 9.84. The van der Waals surface area contributed by atoms with E-state index in [0.29, 0.717) is 28.9 Å². The highest BCUT2D eigenvalue weighted by Gasteiger charge is 2.31. The lowest BCUT2D eigenvalue weighted by Crippen LogP contribution is -2.27. The Kier molecular flexibility index (Phi) is 4.60. The summed E-state index contributed by atoms with van der Waals surface area (Å²) in [6, 6.07) is 14.1. The molecule has 0 heterocycles. The third kappa shape index (κ3) is 3.06. The summed E-state index contributed by atoms with van der Waals surface area (Å²) in [6.07, 6.45) is 0.695. The Morgan fingerprint density at radius 3 is 1.57 bits per heavy atom. The van der Waals surface area contributed by atoms with Gasteiger partial charge in [0, 0.05) is 6.42 Å². The molecule has 0 aliphatic rings. The van der Waals surface area contributed by atoms with E-state index in [1.54, 1.807) is 62.8 Å². The molecule has 0 saturated heterocycles. The average Bonchev–Trinajstić information content (AvgIpc) is 2.55. The number of rotatable bonds is 6. The van der Waals surface area contributed by atoms with Gasteiger partial charge in [0.1, 0.15) is 23.4 Å². The molecule has 0 unspecified atom stereocenters. The zero-order valence-corrected chi connectivity index (χ0v) is 12.1. The van der Waals surface area contributed by atoms with Gasteiger partial charge >= 0.3 is 0 Å². The highest BCUT2D eigenvalue weighted by atomic mass is 16.5. The molecule has 2 rings (SSSR count). The van der Waals surface area contributed by atoms with Gasteiger partial charge in [-0.3, -0.25) is 0 Å². The van der Waals surface area contributed by atoms with Gasteiger partial charge in [-0.15, -0.1) is 0 Å². The van der Waals surface area contributed by atoms with E-state index < -0.39 is 5.60 Å². The van der Waals surface area contributed by atoms with Gasteiger partial charge in [0.25, 0.3) is 0 Å². The molecule has 21 heavy (non-hydrogen) atoms. The quantitative estimate of drug-likeness (QED) is 0.829. The van der Waals surface area contributed by atoms with Crippen LogP contribution < -0.4 is 9.47 Å². The maximum atomic E-state index is 11.0. The van der Waals surface area contributed by atoms with Crippen molar-refractivity contribution in [2.24, 2.45) is 0 Å². The molecule has 110 valence electrons. The third-order valence-electron chi connectivity index (χ3n) is 3.51. The molecule has 0 atom stereocenters. The number of ether oxygens (including phenoxy) is 2. The van der Waals surface area contributed by atoms with Crippen molar-refractivity contribution in [3.63, 3.8) is 0 Å². The summed E-state index contributed by atoms with van der Waals surface area (Å²) < 4.78 is 10.2.